The Labute approximate surface area is 122 Å². The molecule has 1 aromatic heterocycles. The van der Waals surface area contributed by atoms with Crippen LogP contribution >= 0.6 is 0 Å². The van der Waals surface area contributed by atoms with Crippen LogP contribution in [-0.4, -0.2) is 22.6 Å². The molecule has 114 valence electrons. The van der Waals surface area contributed by atoms with Crippen molar-refractivity contribution in [3.8, 4) is 5.88 Å². The van der Waals surface area contributed by atoms with Crippen molar-refractivity contribution in [2.45, 2.75) is 65.4 Å². The third-order valence-corrected chi connectivity index (χ3v) is 3.06. The Morgan fingerprint density at radius 1 is 1.20 bits per heavy atom. The molecule has 3 N–H and O–H groups in total. The second kappa shape index (κ2) is 9.39. The van der Waals surface area contributed by atoms with Crippen LogP contribution in [0.15, 0.2) is 6.07 Å². The summed E-state index contributed by atoms with van der Waals surface area (Å²) in [6, 6.07) is 1.81. The summed E-state index contributed by atoms with van der Waals surface area (Å²) in [5, 5.41) is 3.20. The number of unbranched alkanes of at least 4 members (excludes halogenated alkanes) is 3. The van der Waals surface area contributed by atoms with Crippen LogP contribution in [0.5, 0.6) is 5.88 Å². The highest BCUT2D eigenvalue weighted by Gasteiger charge is 2.08. The molecule has 1 unspecified atom stereocenters. The van der Waals surface area contributed by atoms with Crippen molar-refractivity contribution in [2.24, 2.45) is 0 Å². The van der Waals surface area contributed by atoms with Crippen LogP contribution in [0.3, 0.4) is 0 Å². The first-order chi connectivity index (χ1) is 9.65. The molecule has 1 rings (SSSR count). The fourth-order valence-corrected chi connectivity index (χ4v) is 1.97. The van der Waals surface area contributed by atoms with Crippen LogP contribution in [0.1, 0.15) is 59.3 Å². The molecule has 0 bridgehead atoms. The number of hydrogen-bond acceptors (Lipinski definition) is 5. The summed E-state index contributed by atoms with van der Waals surface area (Å²) in [5.41, 5.74) is 5.70. The Morgan fingerprint density at radius 3 is 2.70 bits per heavy atom. The molecule has 20 heavy (non-hydrogen) atoms. The van der Waals surface area contributed by atoms with Gasteiger partial charge in [-0.05, 0) is 26.2 Å². The predicted molar refractivity (Wildman–Crippen MR) is 84.1 cm³/mol. The van der Waals surface area contributed by atoms with E-state index >= 15 is 0 Å². The zero-order valence-corrected chi connectivity index (χ0v) is 13.0. The maximum atomic E-state index is 5.82. The van der Waals surface area contributed by atoms with Crippen molar-refractivity contribution in [3.63, 3.8) is 0 Å². The quantitative estimate of drug-likeness (QED) is 0.640. The molecule has 0 saturated heterocycles. The lowest BCUT2D eigenvalue weighted by Crippen LogP contribution is -2.14. The summed E-state index contributed by atoms with van der Waals surface area (Å²) < 4.78 is 5.82. The highest BCUT2D eigenvalue weighted by atomic mass is 16.5. The summed E-state index contributed by atoms with van der Waals surface area (Å²) in [5.74, 6) is 1.53. The summed E-state index contributed by atoms with van der Waals surface area (Å²) >= 11 is 0. The molecule has 0 fully saturated rings. The van der Waals surface area contributed by atoms with Gasteiger partial charge in [-0.1, -0.05) is 33.1 Å². The number of nitrogens with two attached hydrogens (primary N) is 1. The maximum absolute atomic E-state index is 5.82. The predicted octanol–water partition coefficient (Wildman–Crippen LogP) is 3.62. The van der Waals surface area contributed by atoms with Gasteiger partial charge in [0.2, 0.25) is 11.8 Å². The van der Waals surface area contributed by atoms with Gasteiger partial charge in [-0.2, -0.15) is 9.97 Å². The normalized spacial score (nSPS) is 12.2. The van der Waals surface area contributed by atoms with Gasteiger partial charge >= 0.3 is 0 Å². The highest BCUT2D eigenvalue weighted by molar-refractivity contribution is 5.42. The highest BCUT2D eigenvalue weighted by Crippen LogP contribution is 2.17. The van der Waals surface area contributed by atoms with Gasteiger partial charge in [0.15, 0.2) is 0 Å². The van der Waals surface area contributed by atoms with Gasteiger partial charge in [0.1, 0.15) is 5.82 Å². The molecule has 5 nitrogen and oxygen atoms in total. The van der Waals surface area contributed by atoms with E-state index in [4.69, 9.17) is 10.5 Å². The van der Waals surface area contributed by atoms with Crippen LogP contribution in [0.4, 0.5) is 11.8 Å². The third kappa shape index (κ3) is 6.59. The number of nitrogens with zero attached hydrogens (tertiary/aromatic N) is 2. The van der Waals surface area contributed by atoms with Crippen molar-refractivity contribution in [2.75, 3.05) is 17.6 Å². The molecule has 0 aromatic carbocycles. The Balaban J connectivity index is 2.47. The van der Waals surface area contributed by atoms with Gasteiger partial charge < -0.3 is 15.8 Å². The second-order valence-corrected chi connectivity index (χ2v) is 5.15. The Bertz CT molecular complexity index is 384. The number of anilines is 2. The molecular weight excluding hydrogens is 252 g/mol. The lowest BCUT2D eigenvalue weighted by Gasteiger charge is -2.15. The van der Waals surface area contributed by atoms with E-state index in [0.717, 1.165) is 25.2 Å². The molecular formula is C15H28N4O. The lowest BCUT2D eigenvalue weighted by molar-refractivity contribution is 0.198. The van der Waals surface area contributed by atoms with Crippen LogP contribution in [0.2, 0.25) is 0 Å². The number of ether oxygens (including phenoxy) is 1. The van der Waals surface area contributed by atoms with E-state index < -0.39 is 0 Å². The largest absolute Gasteiger partial charge is 0.474 e. The summed E-state index contributed by atoms with van der Waals surface area (Å²) in [6.45, 7) is 7.26. The van der Waals surface area contributed by atoms with E-state index in [9.17, 15) is 0 Å². The number of nitrogens with one attached hydrogen (secondary N) is 1. The van der Waals surface area contributed by atoms with Crippen LogP contribution in [-0.2, 0) is 0 Å². The first-order valence-electron chi connectivity index (χ1n) is 7.70. The van der Waals surface area contributed by atoms with Crippen molar-refractivity contribution in [3.05, 3.63) is 6.07 Å². The zero-order chi connectivity index (χ0) is 14.8. The number of hydrogen-bond donors (Lipinski definition) is 2. The molecule has 0 spiro atoms. The Morgan fingerprint density at radius 2 is 2.00 bits per heavy atom. The maximum Gasteiger partial charge on any atom is 0.225 e. The Kier molecular flexibility index (Phi) is 7.77. The van der Waals surface area contributed by atoms with E-state index in [2.05, 4.69) is 36.1 Å². The zero-order valence-electron chi connectivity index (χ0n) is 13.0. The standard InChI is InChI=1S/C15H28N4O/c1-4-6-7-8-9-12(3)20-14-11-13(17-10-5-2)18-15(16)19-14/h11-12H,4-10H2,1-3H3,(H3,16,17,18,19). The van der Waals surface area contributed by atoms with Crippen LogP contribution in [0.25, 0.3) is 0 Å². The van der Waals surface area contributed by atoms with Crippen molar-refractivity contribution in [1.29, 1.82) is 0 Å². The molecule has 1 aromatic rings. The molecule has 0 aliphatic heterocycles. The minimum absolute atomic E-state index is 0.153. The van der Waals surface area contributed by atoms with Crippen LogP contribution < -0.4 is 15.8 Å². The summed E-state index contributed by atoms with van der Waals surface area (Å²) in [6.07, 6.45) is 7.23. The third-order valence-electron chi connectivity index (χ3n) is 3.06. The molecule has 0 aliphatic carbocycles. The van der Waals surface area contributed by atoms with Gasteiger partial charge in [-0.15, -0.1) is 0 Å². The van der Waals surface area contributed by atoms with E-state index in [1.807, 2.05) is 6.07 Å². The SMILES string of the molecule is CCCCCCC(C)Oc1cc(NCCC)nc(N)n1. The molecule has 1 heterocycles. The molecule has 0 aliphatic rings. The van der Waals surface area contributed by atoms with E-state index in [1.54, 1.807) is 0 Å². The lowest BCUT2D eigenvalue weighted by atomic mass is 10.1. The summed E-state index contributed by atoms with van der Waals surface area (Å²) in [7, 11) is 0. The van der Waals surface area contributed by atoms with E-state index in [-0.39, 0.29) is 12.1 Å². The number of aromatic nitrogens is 2. The topological polar surface area (TPSA) is 73.1 Å². The van der Waals surface area contributed by atoms with E-state index in [1.165, 1.54) is 25.7 Å². The van der Waals surface area contributed by atoms with Gasteiger partial charge in [-0.25, -0.2) is 0 Å². The molecule has 5 heteroatoms. The van der Waals surface area contributed by atoms with Crippen molar-refractivity contribution < 1.29 is 4.74 Å². The summed E-state index contributed by atoms with van der Waals surface area (Å²) in [4.78, 5) is 8.27. The molecule has 0 amide bonds. The molecule has 0 radical (unpaired) electrons. The minimum Gasteiger partial charge on any atom is -0.474 e. The van der Waals surface area contributed by atoms with Gasteiger partial charge in [-0.3, -0.25) is 0 Å². The monoisotopic (exact) mass is 280 g/mol. The van der Waals surface area contributed by atoms with Gasteiger partial charge in [0.25, 0.3) is 0 Å². The fraction of sp³-hybridized carbons (Fsp3) is 0.733. The van der Waals surface area contributed by atoms with Crippen molar-refractivity contribution in [1.82, 2.24) is 9.97 Å². The molecule has 1 atom stereocenters. The fourth-order valence-electron chi connectivity index (χ4n) is 1.97. The van der Waals surface area contributed by atoms with Crippen LogP contribution in [0, 0.1) is 0 Å². The smallest absolute Gasteiger partial charge is 0.225 e. The average molecular weight is 280 g/mol. The van der Waals surface area contributed by atoms with Gasteiger partial charge in [0.05, 0.1) is 6.10 Å². The number of nitrogen functional groups attached to an aromatic ring is 1. The van der Waals surface area contributed by atoms with E-state index in [0.29, 0.717) is 5.88 Å². The minimum atomic E-state index is 0.153. The second-order valence-electron chi connectivity index (χ2n) is 5.15. The van der Waals surface area contributed by atoms with Crippen molar-refractivity contribution >= 4 is 11.8 Å². The first-order valence-corrected chi connectivity index (χ1v) is 7.70. The number of rotatable bonds is 10. The average Bonchev–Trinajstić information content (AvgIpc) is 2.41. The Hall–Kier alpha value is -1.52. The van der Waals surface area contributed by atoms with Gasteiger partial charge in [0, 0.05) is 12.6 Å². The first kappa shape index (κ1) is 16.5. The molecule has 0 saturated carbocycles.